The van der Waals surface area contributed by atoms with Crippen molar-refractivity contribution in [2.75, 3.05) is 5.75 Å². The predicted molar refractivity (Wildman–Crippen MR) is 94.0 cm³/mol. The van der Waals surface area contributed by atoms with E-state index in [1.54, 1.807) is 0 Å². The van der Waals surface area contributed by atoms with Crippen LogP contribution in [0, 0.1) is 0 Å². The summed E-state index contributed by atoms with van der Waals surface area (Å²) in [6.45, 7) is 3.14. The van der Waals surface area contributed by atoms with E-state index in [1.165, 1.54) is 23.1 Å². The Labute approximate surface area is 138 Å². The van der Waals surface area contributed by atoms with E-state index in [0.29, 0.717) is 5.75 Å². The molecule has 3 nitrogen and oxygen atoms in total. The van der Waals surface area contributed by atoms with Crippen molar-refractivity contribution in [2.24, 2.45) is 0 Å². The summed E-state index contributed by atoms with van der Waals surface area (Å²) >= 11 is 3.04. The molecular weight excluding hydrogens is 312 g/mol. The zero-order valence-corrected chi connectivity index (χ0v) is 14.1. The van der Waals surface area contributed by atoms with Crippen molar-refractivity contribution in [3.63, 3.8) is 0 Å². The summed E-state index contributed by atoms with van der Waals surface area (Å²) in [7, 11) is 0. The van der Waals surface area contributed by atoms with Crippen molar-refractivity contribution in [2.45, 2.75) is 31.5 Å². The number of ketones is 1. The van der Waals surface area contributed by atoms with Gasteiger partial charge in [-0.1, -0.05) is 43.3 Å². The number of hydrogen-bond acceptors (Lipinski definition) is 4. The third-order valence-electron chi connectivity index (χ3n) is 3.48. The second-order valence-electron chi connectivity index (χ2n) is 5.08. The lowest BCUT2D eigenvalue weighted by Gasteiger charge is -2.07. The van der Waals surface area contributed by atoms with Gasteiger partial charge in [0.2, 0.25) is 0 Å². The van der Waals surface area contributed by atoms with Crippen LogP contribution in [0.4, 0.5) is 0 Å². The number of carbonyl (C=O) groups is 1. The maximum absolute atomic E-state index is 12.2. The maximum Gasteiger partial charge on any atom is 0.183 e. The molecule has 3 rings (SSSR count). The Morgan fingerprint density at radius 1 is 1.27 bits per heavy atom. The summed E-state index contributed by atoms with van der Waals surface area (Å²) in [5.41, 5.74) is 2.16. The molecule has 0 aliphatic carbocycles. The van der Waals surface area contributed by atoms with Gasteiger partial charge in [-0.2, -0.15) is 0 Å². The van der Waals surface area contributed by atoms with Crippen LogP contribution >= 0.6 is 23.1 Å². The number of rotatable bonds is 7. The molecule has 0 atom stereocenters. The van der Waals surface area contributed by atoms with Crippen LogP contribution in [0.2, 0.25) is 0 Å². The van der Waals surface area contributed by atoms with Crippen molar-refractivity contribution < 1.29 is 4.79 Å². The minimum absolute atomic E-state index is 0.175. The lowest BCUT2D eigenvalue weighted by molar-refractivity contribution is 0.102. The molecular formula is C17H18N2OS2. The van der Waals surface area contributed by atoms with E-state index in [0.717, 1.165) is 40.5 Å². The van der Waals surface area contributed by atoms with Gasteiger partial charge >= 0.3 is 0 Å². The van der Waals surface area contributed by atoms with Crippen molar-refractivity contribution in [1.82, 2.24) is 9.55 Å². The standard InChI is InChI=1S/C17H18N2OS2/c1-2-3-10-19-14-8-5-4-7-13(14)18-17(19)22-12-15(20)16-9-6-11-21-16/h4-9,11H,2-3,10,12H2,1H3. The van der Waals surface area contributed by atoms with E-state index < -0.39 is 0 Å². The Kier molecular flexibility index (Phi) is 4.95. The first-order chi connectivity index (χ1) is 10.8. The molecule has 0 unspecified atom stereocenters. The van der Waals surface area contributed by atoms with Crippen LogP contribution in [-0.4, -0.2) is 21.1 Å². The molecule has 3 aromatic rings. The van der Waals surface area contributed by atoms with Crippen molar-refractivity contribution in [3.05, 3.63) is 46.7 Å². The molecule has 114 valence electrons. The number of fused-ring (bicyclic) bond motifs is 1. The average Bonchev–Trinajstić information content (AvgIpc) is 3.18. The van der Waals surface area contributed by atoms with E-state index in [9.17, 15) is 4.79 Å². The summed E-state index contributed by atoms with van der Waals surface area (Å²) in [6.07, 6.45) is 2.26. The highest BCUT2D eigenvalue weighted by atomic mass is 32.2. The number of hydrogen-bond donors (Lipinski definition) is 0. The minimum Gasteiger partial charge on any atom is -0.319 e. The number of aryl methyl sites for hydroxylation is 1. The first kappa shape index (κ1) is 15.3. The molecule has 0 radical (unpaired) electrons. The molecule has 0 spiro atoms. The Morgan fingerprint density at radius 2 is 2.14 bits per heavy atom. The highest BCUT2D eigenvalue weighted by Crippen LogP contribution is 2.25. The predicted octanol–water partition coefficient (Wildman–Crippen LogP) is 4.87. The average molecular weight is 330 g/mol. The van der Waals surface area contributed by atoms with E-state index in [1.807, 2.05) is 35.7 Å². The molecule has 0 saturated heterocycles. The maximum atomic E-state index is 12.2. The quantitative estimate of drug-likeness (QED) is 0.458. The Bertz CT molecular complexity index is 762. The molecule has 0 fully saturated rings. The van der Waals surface area contributed by atoms with Crippen LogP contribution in [0.3, 0.4) is 0 Å². The van der Waals surface area contributed by atoms with Gasteiger partial charge in [-0.05, 0) is 30.0 Å². The topological polar surface area (TPSA) is 34.9 Å². The molecule has 0 aliphatic heterocycles. The van der Waals surface area contributed by atoms with E-state index >= 15 is 0 Å². The first-order valence-electron chi connectivity index (χ1n) is 7.44. The van der Waals surface area contributed by atoms with E-state index in [-0.39, 0.29) is 5.78 Å². The van der Waals surface area contributed by atoms with Gasteiger partial charge < -0.3 is 4.57 Å². The van der Waals surface area contributed by atoms with E-state index in [4.69, 9.17) is 4.98 Å². The van der Waals surface area contributed by atoms with Crippen molar-refractivity contribution in [3.8, 4) is 0 Å². The minimum atomic E-state index is 0.175. The number of carbonyl (C=O) groups excluding carboxylic acids is 1. The Morgan fingerprint density at radius 3 is 2.91 bits per heavy atom. The molecule has 2 heterocycles. The highest BCUT2D eigenvalue weighted by Gasteiger charge is 2.13. The van der Waals surface area contributed by atoms with Gasteiger partial charge in [0.1, 0.15) is 0 Å². The normalized spacial score (nSPS) is 11.1. The van der Waals surface area contributed by atoms with Gasteiger partial charge in [-0.25, -0.2) is 4.98 Å². The van der Waals surface area contributed by atoms with Crippen molar-refractivity contribution >= 4 is 39.9 Å². The Balaban J connectivity index is 1.81. The number of unbranched alkanes of at least 4 members (excludes halogenated alkanes) is 1. The zero-order chi connectivity index (χ0) is 15.4. The monoisotopic (exact) mass is 330 g/mol. The number of imidazole rings is 1. The van der Waals surface area contributed by atoms with Gasteiger partial charge in [0.15, 0.2) is 10.9 Å². The lowest BCUT2D eigenvalue weighted by atomic mass is 10.3. The molecule has 0 saturated carbocycles. The van der Waals surface area contributed by atoms with Crippen LogP contribution in [-0.2, 0) is 6.54 Å². The first-order valence-corrected chi connectivity index (χ1v) is 9.31. The van der Waals surface area contributed by atoms with Gasteiger partial charge in [-0.15, -0.1) is 11.3 Å². The number of para-hydroxylation sites is 2. The third kappa shape index (κ3) is 3.25. The second kappa shape index (κ2) is 7.11. The molecule has 5 heteroatoms. The largest absolute Gasteiger partial charge is 0.319 e. The summed E-state index contributed by atoms with van der Waals surface area (Å²) < 4.78 is 2.24. The number of nitrogens with zero attached hydrogens (tertiary/aromatic N) is 2. The van der Waals surface area contributed by atoms with E-state index in [2.05, 4.69) is 17.6 Å². The number of aromatic nitrogens is 2. The Hall–Kier alpha value is -1.59. The molecule has 22 heavy (non-hydrogen) atoms. The molecule has 1 aromatic carbocycles. The molecule has 0 aliphatic rings. The number of benzene rings is 1. The van der Waals surface area contributed by atoms with Crippen LogP contribution in [0.1, 0.15) is 29.4 Å². The summed E-state index contributed by atoms with van der Waals surface area (Å²) in [6, 6.07) is 12.0. The summed E-state index contributed by atoms with van der Waals surface area (Å²) in [4.78, 5) is 17.7. The highest BCUT2D eigenvalue weighted by molar-refractivity contribution is 7.99. The second-order valence-corrected chi connectivity index (χ2v) is 6.97. The molecule has 0 bridgehead atoms. The molecule has 0 N–H and O–H groups in total. The van der Waals surface area contributed by atoms with Crippen LogP contribution < -0.4 is 0 Å². The summed E-state index contributed by atoms with van der Waals surface area (Å²) in [5.74, 6) is 0.616. The SMILES string of the molecule is CCCCn1c(SCC(=O)c2cccs2)nc2ccccc21. The fraction of sp³-hybridized carbons (Fsp3) is 0.294. The number of thioether (sulfide) groups is 1. The molecule has 0 amide bonds. The summed E-state index contributed by atoms with van der Waals surface area (Å²) in [5, 5.41) is 2.88. The molecule has 2 aromatic heterocycles. The smallest absolute Gasteiger partial charge is 0.183 e. The van der Waals surface area contributed by atoms with Gasteiger partial charge in [-0.3, -0.25) is 4.79 Å². The fourth-order valence-electron chi connectivity index (χ4n) is 2.33. The van der Waals surface area contributed by atoms with Gasteiger partial charge in [0.25, 0.3) is 0 Å². The fourth-order valence-corrected chi connectivity index (χ4v) is 4.01. The zero-order valence-electron chi connectivity index (χ0n) is 12.5. The van der Waals surface area contributed by atoms with Gasteiger partial charge in [0.05, 0.1) is 21.7 Å². The van der Waals surface area contributed by atoms with Crippen LogP contribution in [0.15, 0.2) is 46.9 Å². The van der Waals surface area contributed by atoms with Gasteiger partial charge in [0, 0.05) is 6.54 Å². The number of thiophene rings is 1. The lowest BCUT2D eigenvalue weighted by Crippen LogP contribution is -2.04. The number of Topliss-reactive ketones (excluding diaryl/α,β-unsaturated/α-hetero) is 1. The van der Waals surface area contributed by atoms with Crippen molar-refractivity contribution in [1.29, 1.82) is 0 Å². The van der Waals surface area contributed by atoms with Crippen LogP contribution in [0.25, 0.3) is 11.0 Å². The third-order valence-corrected chi connectivity index (χ3v) is 5.37. The van der Waals surface area contributed by atoms with Crippen LogP contribution in [0.5, 0.6) is 0 Å².